The first-order valence-electron chi connectivity index (χ1n) is 11.8. The molecule has 0 fully saturated rings. The number of likely N-dealkylation sites (N-methyl/N-ethyl adjacent to an activating group) is 1. The molecule has 0 saturated carbocycles. The second kappa shape index (κ2) is 11.0. The Bertz CT molecular complexity index is 1350. The number of para-hydroxylation sites is 1. The van der Waals surface area contributed by atoms with Gasteiger partial charge in [-0.05, 0) is 43.4 Å². The summed E-state index contributed by atoms with van der Waals surface area (Å²) >= 11 is 0. The molecule has 194 valence electrons. The molecule has 11 heteroatoms. The highest BCUT2D eigenvalue weighted by Crippen LogP contribution is 2.29. The van der Waals surface area contributed by atoms with E-state index in [2.05, 4.69) is 20.3 Å². The van der Waals surface area contributed by atoms with Gasteiger partial charge in [0.25, 0.3) is 0 Å². The molecule has 0 unspecified atom stereocenters. The van der Waals surface area contributed by atoms with Gasteiger partial charge in [0, 0.05) is 29.7 Å². The van der Waals surface area contributed by atoms with Crippen LogP contribution in [0, 0.1) is 5.82 Å². The van der Waals surface area contributed by atoms with Crippen LogP contribution in [0.3, 0.4) is 0 Å². The van der Waals surface area contributed by atoms with Gasteiger partial charge in [-0.25, -0.2) is 9.37 Å². The van der Waals surface area contributed by atoms with Crippen LogP contribution in [0.4, 0.5) is 34.8 Å². The van der Waals surface area contributed by atoms with Crippen LogP contribution >= 0.6 is 0 Å². The zero-order valence-electron chi connectivity index (χ0n) is 20.3. The van der Waals surface area contributed by atoms with Crippen molar-refractivity contribution < 1.29 is 22.4 Å². The van der Waals surface area contributed by atoms with E-state index < -0.39 is 23.6 Å². The molecular weight excluding hydrogens is 488 g/mol. The molecule has 0 radical (unpaired) electrons. The number of carbonyl (C=O) groups is 1. The molecule has 2 heterocycles. The minimum absolute atomic E-state index is 0.171. The standard InChI is InChI=1S/C26H26F4N6O/c1-3-35(4-2)11-12-36(25(37)26(28,29)30)23-10-9-18(14-19(23)27)32-24-16-31-15-22(34-24)21-13-17-7-5-6-8-20(17)33-21/h5-10,13-16,33H,3-4,11-12H2,1-2H3,(H,32,34). The van der Waals surface area contributed by atoms with Crippen molar-refractivity contribution in [3.63, 3.8) is 0 Å². The van der Waals surface area contributed by atoms with Crippen LogP contribution in [0.2, 0.25) is 0 Å². The Morgan fingerprint density at radius 1 is 1.03 bits per heavy atom. The summed E-state index contributed by atoms with van der Waals surface area (Å²) in [5, 5.41) is 3.93. The van der Waals surface area contributed by atoms with E-state index in [-0.39, 0.29) is 18.8 Å². The van der Waals surface area contributed by atoms with E-state index in [0.717, 1.165) is 28.7 Å². The molecule has 0 atom stereocenters. The summed E-state index contributed by atoms with van der Waals surface area (Å²) < 4.78 is 54.8. The lowest BCUT2D eigenvalue weighted by Crippen LogP contribution is -2.45. The molecule has 2 N–H and O–H groups in total. The van der Waals surface area contributed by atoms with Gasteiger partial charge in [0.05, 0.1) is 23.8 Å². The smallest absolute Gasteiger partial charge is 0.353 e. The van der Waals surface area contributed by atoms with Gasteiger partial charge < -0.3 is 20.1 Å². The Morgan fingerprint density at radius 3 is 2.46 bits per heavy atom. The third-order valence-electron chi connectivity index (χ3n) is 5.97. The van der Waals surface area contributed by atoms with E-state index in [1.807, 2.05) is 49.1 Å². The van der Waals surface area contributed by atoms with Crippen LogP contribution in [0.25, 0.3) is 22.3 Å². The number of H-pyrrole nitrogens is 1. The number of aromatic amines is 1. The van der Waals surface area contributed by atoms with Crippen LogP contribution < -0.4 is 10.2 Å². The molecule has 0 spiro atoms. The van der Waals surface area contributed by atoms with Gasteiger partial charge in [0.15, 0.2) is 0 Å². The molecule has 4 aromatic rings. The lowest BCUT2D eigenvalue weighted by Gasteiger charge is -2.27. The number of benzene rings is 2. The maximum Gasteiger partial charge on any atom is 0.471 e. The molecule has 0 saturated heterocycles. The van der Waals surface area contributed by atoms with E-state index in [1.165, 1.54) is 12.3 Å². The first-order valence-corrected chi connectivity index (χ1v) is 11.8. The topological polar surface area (TPSA) is 77.1 Å². The highest BCUT2D eigenvalue weighted by atomic mass is 19.4. The van der Waals surface area contributed by atoms with Gasteiger partial charge >= 0.3 is 12.1 Å². The molecule has 0 aliphatic rings. The van der Waals surface area contributed by atoms with E-state index in [4.69, 9.17) is 0 Å². The van der Waals surface area contributed by atoms with Crippen molar-refractivity contribution in [2.75, 3.05) is 36.4 Å². The number of carbonyl (C=O) groups excluding carboxylic acids is 1. The number of nitrogens with one attached hydrogen (secondary N) is 2. The molecule has 2 aromatic carbocycles. The van der Waals surface area contributed by atoms with E-state index in [0.29, 0.717) is 29.5 Å². The average Bonchev–Trinajstić information content (AvgIpc) is 3.31. The maximum atomic E-state index is 15.0. The summed E-state index contributed by atoms with van der Waals surface area (Å²) in [7, 11) is 0. The predicted octanol–water partition coefficient (Wildman–Crippen LogP) is 5.74. The summed E-state index contributed by atoms with van der Waals surface area (Å²) in [6.07, 6.45) is -2.11. The van der Waals surface area contributed by atoms with E-state index >= 15 is 4.39 Å². The van der Waals surface area contributed by atoms with Crippen LogP contribution in [0.1, 0.15) is 13.8 Å². The zero-order valence-corrected chi connectivity index (χ0v) is 20.3. The summed E-state index contributed by atoms with van der Waals surface area (Å²) in [6.45, 7) is 4.77. The minimum Gasteiger partial charge on any atom is -0.353 e. The second-order valence-corrected chi connectivity index (χ2v) is 8.33. The van der Waals surface area contributed by atoms with E-state index in [1.54, 1.807) is 6.20 Å². The summed E-state index contributed by atoms with van der Waals surface area (Å²) in [5.41, 5.74) is 2.03. The molecule has 1 amide bonds. The van der Waals surface area contributed by atoms with Crippen molar-refractivity contribution in [1.82, 2.24) is 19.9 Å². The highest BCUT2D eigenvalue weighted by molar-refractivity contribution is 5.97. The van der Waals surface area contributed by atoms with Crippen molar-refractivity contribution in [2.45, 2.75) is 20.0 Å². The Labute approximate surface area is 211 Å². The molecule has 0 aliphatic carbocycles. The normalized spacial score (nSPS) is 11.8. The van der Waals surface area contributed by atoms with Crippen molar-refractivity contribution in [3.8, 4) is 11.4 Å². The van der Waals surface area contributed by atoms with Gasteiger partial charge in [0.2, 0.25) is 0 Å². The van der Waals surface area contributed by atoms with Crippen molar-refractivity contribution in [3.05, 3.63) is 66.7 Å². The first kappa shape index (κ1) is 26.1. The first-order chi connectivity index (χ1) is 17.7. The van der Waals surface area contributed by atoms with Crippen LogP contribution in [-0.4, -0.2) is 58.1 Å². The summed E-state index contributed by atoms with van der Waals surface area (Å²) in [5.74, 6) is -2.77. The van der Waals surface area contributed by atoms with Gasteiger partial charge in [-0.15, -0.1) is 0 Å². The highest BCUT2D eigenvalue weighted by Gasteiger charge is 2.43. The monoisotopic (exact) mass is 514 g/mol. The third-order valence-corrected chi connectivity index (χ3v) is 5.97. The van der Waals surface area contributed by atoms with Gasteiger partial charge in [-0.1, -0.05) is 32.0 Å². The Hall–Kier alpha value is -3.99. The van der Waals surface area contributed by atoms with Crippen LogP contribution in [0.5, 0.6) is 0 Å². The predicted molar refractivity (Wildman–Crippen MR) is 135 cm³/mol. The number of aromatic nitrogens is 3. The second-order valence-electron chi connectivity index (χ2n) is 8.33. The SMILES string of the molecule is CCN(CC)CCN(C(=O)C(F)(F)F)c1ccc(Nc2cncc(-c3cc4ccccc4[nH]3)n2)cc1F. The number of amides is 1. The number of anilines is 3. The Balaban J connectivity index is 1.56. The van der Waals surface area contributed by atoms with Crippen LogP contribution in [0.15, 0.2) is 60.9 Å². The fraction of sp³-hybridized carbons (Fsp3) is 0.269. The summed E-state index contributed by atoms with van der Waals surface area (Å²) in [4.78, 5) is 26.3. The van der Waals surface area contributed by atoms with Crippen molar-refractivity contribution >= 4 is 34.0 Å². The molecule has 0 aliphatic heterocycles. The Morgan fingerprint density at radius 2 is 1.78 bits per heavy atom. The molecule has 37 heavy (non-hydrogen) atoms. The average molecular weight is 515 g/mol. The fourth-order valence-corrected chi connectivity index (χ4v) is 3.98. The fourth-order valence-electron chi connectivity index (χ4n) is 3.98. The number of halogens is 4. The Kier molecular flexibility index (Phi) is 7.72. The molecule has 4 rings (SSSR count). The minimum atomic E-state index is -5.13. The molecule has 0 bridgehead atoms. The van der Waals surface area contributed by atoms with Gasteiger partial charge in [0.1, 0.15) is 17.3 Å². The quantitative estimate of drug-likeness (QED) is 0.279. The van der Waals surface area contributed by atoms with Gasteiger partial charge in [-0.2, -0.15) is 13.2 Å². The largest absolute Gasteiger partial charge is 0.471 e. The maximum absolute atomic E-state index is 15.0. The third kappa shape index (κ3) is 6.05. The lowest BCUT2D eigenvalue weighted by molar-refractivity contribution is -0.170. The molecule has 7 nitrogen and oxygen atoms in total. The number of hydrogen-bond donors (Lipinski definition) is 2. The van der Waals surface area contributed by atoms with Gasteiger partial charge in [-0.3, -0.25) is 9.78 Å². The molecular formula is C26H26F4N6O. The van der Waals surface area contributed by atoms with Crippen molar-refractivity contribution in [1.29, 1.82) is 0 Å². The number of alkyl halides is 3. The lowest BCUT2D eigenvalue weighted by atomic mass is 10.2. The summed E-state index contributed by atoms with van der Waals surface area (Å²) in [6, 6.07) is 13.2. The number of hydrogen-bond acceptors (Lipinski definition) is 5. The van der Waals surface area contributed by atoms with Crippen LogP contribution in [-0.2, 0) is 4.79 Å². The van der Waals surface area contributed by atoms with E-state index in [9.17, 15) is 18.0 Å². The number of nitrogens with zero attached hydrogens (tertiary/aromatic N) is 4. The number of rotatable bonds is 9. The number of fused-ring (bicyclic) bond motifs is 1. The molecule has 2 aromatic heterocycles. The zero-order chi connectivity index (χ0) is 26.6. The van der Waals surface area contributed by atoms with Crippen molar-refractivity contribution in [2.24, 2.45) is 0 Å².